The lowest BCUT2D eigenvalue weighted by atomic mass is 9.95. The van der Waals surface area contributed by atoms with Crippen LogP contribution in [0.25, 0.3) is 11.6 Å². The summed E-state index contributed by atoms with van der Waals surface area (Å²) in [7, 11) is 1.56. The first-order chi connectivity index (χ1) is 13.6. The van der Waals surface area contributed by atoms with E-state index in [4.69, 9.17) is 9.15 Å². The summed E-state index contributed by atoms with van der Waals surface area (Å²) in [5, 5.41) is 29.1. The Morgan fingerprint density at radius 2 is 2.11 bits per heavy atom. The molecule has 2 aromatic rings. The van der Waals surface area contributed by atoms with Crippen molar-refractivity contribution >= 4 is 11.6 Å². The maximum Gasteiger partial charge on any atom is 0.130 e. The van der Waals surface area contributed by atoms with E-state index in [0.29, 0.717) is 35.5 Å². The van der Waals surface area contributed by atoms with Crippen molar-refractivity contribution in [2.24, 2.45) is 0 Å². The van der Waals surface area contributed by atoms with Gasteiger partial charge >= 0.3 is 0 Å². The molecule has 0 saturated heterocycles. The molecule has 2 aromatic heterocycles. The Kier molecular flexibility index (Phi) is 8.84. The molecule has 1 atom stereocenters. The second kappa shape index (κ2) is 11.4. The van der Waals surface area contributed by atoms with Gasteiger partial charge in [0.2, 0.25) is 0 Å². The minimum atomic E-state index is -0.800. The van der Waals surface area contributed by atoms with Crippen molar-refractivity contribution in [3.8, 4) is 0 Å². The number of hydrogen-bond donors (Lipinski definition) is 3. The standard InChI is InChI=1S/C22H27NO5/c1-16(15-27-2)20(10-12-24)22(26)9-6-17(21-5-3-4-11-23-21)13-18-7-8-19(14-25)28-18/h3-5,7-8,10-11,13,22,24-26H,1,6,9,12,14-15H2,2H3/b17-13-,20-10-. The maximum atomic E-state index is 10.6. The molecule has 6 heteroatoms. The zero-order chi connectivity index (χ0) is 20.4. The number of methoxy groups -OCH3 is 1. The predicted octanol–water partition coefficient (Wildman–Crippen LogP) is 2.97. The Labute approximate surface area is 165 Å². The van der Waals surface area contributed by atoms with Gasteiger partial charge in [0.05, 0.1) is 25.0 Å². The summed E-state index contributed by atoms with van der Waals surface area (Å²) in [5.74, 6) is 1.09. The van der Waals surface area contributed by atoms with Crippen LogP contribution in [-0.2, 0) is 11.3 Å². The zero-order valence-corrected chi connectivity index (χ0v) is 16.0. The molecule has 2 heterocycles. The molecular formula is C22H27NO5. The van der Waals surface area contributed by atoms with Gasteiger partial charge in [0.25, 0.3) is 0 Å². The molecule has 0 bridgehead atoms. The van der Waals surface area contributed by atoms with Crippen LogP contribution >= 0.6 is 0 Å². The molecule has 0 aromatic carbocycles. The minimum Gasteiger partial charge on any atom is -0.459 e. The summed E-state index contributed by atoms with van der Waals surface area (Å²) in [6.07, 6.45) is 5.25. The highest BCUT2D eigenvalue weighted by molar-refractivity contribution is 5.78. The topological polar surface area (TPSA) is 96.0 Å². The van der Waals surface area contributed by atoms with Gasteiger partial charge in [-0.05, 0) is 59.9 Å². The Hall–Kier alpha value is -2.51. The predicted molar refractivity (Wildman–Crippen MR) is 108 cm³/mol. The fraction of sp³-hybridized carbons (Fsp3) is 0.318. The van der Waals surface area contributed by atoms with E-state index in [-0.39, 0.29) is 19.8 Å². The summed E-state index contributed by atoms with van der Waals surface area (Å²) < 4.78 is 10.6. The molecule has 28 heavy (non-hydrogen) atoms. The van der Waals surface area contributed by atoms with Gasteiger partial charge in [0, 0.05) is 13.3 Å². The van der Waals surface area contributed by atoms with Crippen molar-refractivity contribution < 1.29 is 24.5 Å². The van der Waals surface area contributed by atoms with Crippen molar-refractivity contribution in [2.75, 3.05) is 20.3 Å². The van der Waals surface area contributed by atoms with Crippen molar-refractivity contribution in [1.29, 1.82) is 0 Å². The van der Waals surface area contributed by atoms with Gasteiger partial charge in [0.15, 0.2) is 0 Å². The quantitative estimate of drug-likeness (QED) is 0.515. The third-order valence-electron chi connectivity index (χ3n) is 4.23. The van der Waals surface area contributed by atoms with Crippen LogP contribution in [0.2, 0.25) is 0 Å². The third kappa shape index (κ3) is 6.28. The SMILES string of the molecule is C=C(COC)/C(=C/CO)C(O)CC/C(=C/c1ccc(CO)o1)c1ccccn1. The second-order valence-electron chi connectivity index (χ2n) is 6.28. The first-order valence-electron chi connectivity index (χ1n) is 9.06. The van der Waals surface area contributed by atoms with Crippen molar-refractivity contribution in [2.45, 2.75) is 25.6 Å². The molecule has 1 unspecified atom stereocenters. The summed E-state index contributed by atoms with van der Waals surface area (Å²) in [6.45, 7) is 3.85. The summed E-state index contributed by atoms with van der Waals surface area (Å²) in [5.41, 5.74) is 2.87. The van der Waals surface area contributed by atoms with Gasteiger partial charge in [-0.1, -0.05) is 18.7 Å². The van der Waals surface area contributed by atoms with Crippen LogP contribution in [0.15, 0.2) is 64.7 Å². The number of rotatable bonds is 11. The summed E-state index contributed by atoms with van der Waals surface area (Å²) >= 11 is 0. The number of aliphatic hydroxyl groups is 3. The third-order valence-corrected chi connectivity index (χ3v) is 4.23. The monoisotopic (exact) mass is 385 g/mol. The maximum absolute atomic E-state index is 10.6. The largest absolute Gasteiger partial charge is 0.459 e. The van der Waals surface area contributed by atoms with E-state index in [9.17, 15) is 15.3 Å². The highest BCUT2D eigenvalue weighted by Gasteiger charge is 2.16. The average molecular weight is 385 g/mol. The minimum absolute atomic E-state index is 0.164. The number of pyridine rings is 1. The van der Waals surface area contributed by atoms with E-state index in [0.717, 1.165) is 11.3 Å². The molecule has 0 radical (unpaired) electrons. The number of furan rings is 1. The Morgan fingerprint density at radius 3 is 2.71 bits per heavy atom. The lowest BCUT2D eigenvalue weighted by Gasteiger charge is -2.18. The normalized spacial score (nSPS) is 13.6. The van der Waals surface area contributed by atoms with Crippen molar-refractivity contribution in [3.63, 3.8) is 0 Å². The molecule has 150 valence electrons. The Bertz CT molecular complexity index is 807. The number of allylic oxidation sites excluding steroid dienone is 1. The molecule has 0 fully saturated rings. The van der Waals surface area contributed by atoms with E-state index in [1.807, 2.05) is 24.3 Å². The smallest absolute Gasteiger partial charge is 0.130 e. The zero-order valence-electron chi connectivity index (χ0n) is 16.0. The molecule has 0 aliphatic carbocycles. The van der Waals surface area contributed by atoms with Gasteiger partial charge in [-0.3, -0.25) is 4.98 Å². The number of hydrogen-bond acceptors (Lipinski definition) is 6. The van der Waals surface area contributed by atoms with Crippen molar-refractivity contribution in [1.82, 2.24) is 4.98 Å². The molecule has 0 aliphatic rings. The van der Waals surface area contributed by atoms with Crippen LogP contribution in [-0.4, -0.2) is 46.7 Å². The Balaban J connectivity index is 2.20. The van der Waals surface area contributed by atoms with Crippen LogP contribution in [0.3, 0.4) is 0 Å². The molecule has 3 N–H and O–H groups in total. The average Bonchev–Trinajstić information content (AvgIpc) is 3.17. The number of aliphatic hydroxyl groups excluding tert-OH is 3. The fourth-order valence-corrected chi connectivity index (χ4v) is 2.88. The molecule has 2 rings (SSSR count). The molecule has 0 amide bonds. The second-order valence-corrected chi connectivity index (χ2v) is 6.28. The van der Waals surface area contributed by atoms with Gasteiger partial charge < -0.3 is 24.5 Å². The molecule has 0 spiro atoms. The van der Waals surface area contributed by atoms with E-state index >= 15 is 0 Å². The first kappa shape index (κ1) is 21.8. The molecule has 0 saturated carbocycles. The van der Waals surface area contributed by atoms with E-state index < -0.39 is 6.10 Å². The van der Waals surface area contributed by atoms with E-state index in [2.05, 4.69) is 11.6 Å². The highest BCUT2D eigenvalue weighted by Crippen LogP contribution is 2.26. The molecule has 6 nitrogen and oxygen atoms in total. The summed E-state index contributed by atoms with van der Waals surface area (Å²) in [6, 6.07) is 9.12. The van der Waals surface area contributed by atoms with Crippen molar-refractivity contribution in [3.05, 3.63) is 77.5 Å². The number of ether oxygens (including phenoxy) is 1. The van der Waals surface area contributed by atoms with Crippen LogP contribution in [0, 0.1) is 0 Å². The van der Waals surface area contributed by atoms with Gasteiger partial charge in [-0.2, -0.15) is 0 Å². The molecule has 0 aliphatic heterocycles. The summed E-state index contributed by atoms with van der Waals surface area (Å²) in [4.78, 5) is 4.39. The van der Waals surface area contributed by atoms with Crippen LogP contribution in [0.4, 0.5) is 0 Å². The number of aromatic nitrogens is 1. The van der Waals surface area contributed by atoms with Gasteiger partial charge in [-0.25, -0.2) is 0 Å². The molecular weight excluding hydrogens is 358 g/mol. The fourth-order valence-electron chi connectivity index (χ4n) is 2.88. The van der Waals surface area contributed by atoms with E-state index in [1.54, 1.807) is 31.5 Å². The highest BCUT2D eigenvalue weighted by atomic mass is 16.5. The lowest BCUT2D eigenvalue weighted by molar-refractivity contribution is 0.191. The Morgan fingerprint density at radius 1 is 1.29 bits per heavy atom. The van der Waals surface area contributed by atoms with Crippen LogP contribution in [0.5, 0.6) is 0 Å². The van der Waals surface area contributed by atoms with Gasteiger partial charge in [-0.15, -0.1) is 0 Å². The van der Waals surface area contributed by atoms with Gasteiger partial charge in [0.1, 0.15) is 18.1 Å². The number of nitrogens with zero attached hydrogens (tertiary/aromatic N) is 1. The first-order valence-corrected chi connectivity index (χ1v) is 9.06. The van der Waals surface area contributed by atoms with Crippen LogP contribution < -0.4 is 0 Å². The van der Waals surface area contributed by atoms with E-state index in [1.165, 1.54) is 0 Å². The van der Waals surface area contributed by atoms with Crippen LogP contribution in [0.1, 0.15) is 30.1 Å². The lowest BCUT2D eigenvalue weighted by Crippen LogP contribution is -2.15.